The van der Waals surface area contributed by atoms with Gasteiger partial charge >= 0.3 is 29.8 Å². The molecule has 36 heavy (non-hydrogen) atoms. The molecule has 2 saturated heterocycles. The van der Waals surface area contributed by atoms with Crippen LogP contribution in [0.4, 0.5) is 0 Å². The Labute approximate surface area is 209 Å². The van der Waals surface area contributed by atoms with Crippen molar-refractivity contribution in [2.24, 2.45) is 29.6 Å². The molecule has 1 amide bonds. The van der Waals surface area contributed by atoms with Crippen molar-refractivity contribution < 1.29 is 52.8 Å². The summed E-state index contributed by atoms with van der Waals surface area (Å²) in [6, 6.07) is 0. The van der Waals surface area contributed by atoms with Gasteiger partial charge in [-0.05, 0) is 33.1 Å². The van der Waals surface area contributed by atoms with E-state index in [9.17, 15) is 33.9 Å². The molecule has 0 aliphatic carbocycles. The van der Waals surface area contributed by atoms with E-state index in [0.717, 1.165) is 0 Å². The van der Waals surface area contributed by atoms with Crippen molar-refractivity contribution in [3.63, 3.8) is 0 Å². The summed E-state index contributed by atoms with van der Waals surface area (Å²) in [4.78, 5) is 75.8. The molecule has 2 rings (SSSR count). The van der Waals surface area contributed by atoms with E-state index in [0.29, 0.717) is 0 Å². The fourth-order valence-corrected chi connectivity index (χ4v) is 4.69. The van der Waals surface area contributed by atoms with Gasteiger partial charge in [-0.15, -0.1) is 0 Å². The largest absolute Gasteiger partial charge is 0.481 e. The number of amides is 1. The van der Waals surface area contributed by atoms with Crippen molar-refractivity contribution in [1.29, 1.82) is 0 Å². The topological polar surface area (TPSA) is 163 Å². The van der Waals surface area contributed by atoms with Crippen molar-refractivity contribution in [2.45, 2.75) is 53.1 Å². The molecule has 2 heterocycles. The molecule has 0 aromatic carbocycles. The highest BCUT2D eigenvalue weighted by Gasteiger charge is 2.47. The van der Waals surface area contributed by atoms with Crippen LogP contribution in [0.25, 0.3) is 0 Å². The fourth-order valence-electron chi connectivity index (χ4n) is 4.69. The van der Waals surface area contributed by atoms with Crippen LogP contribution in [-0.4, -0.2) is 84.8 Å². The Bertz CT molecular complexity index is 851. The number of aliphatic carboxylic acids is 1. The maximum absolute atomic E-state index is 13.6. The van der Waals surface area contributed by atoms with E-state index in [1.54, 1.807) is 13.8 Å². The van der Waals surface area contributed by atoms with E-state index in [4.69, 9.17) is 14.2 Å². The highest BCUT2D eigenvalue weighted by atomic mass is 16.6. The van der Waals surface area contributed by atoms with Gasteiger partial charge in [-0.25, -0.2) is 0 Å². The summed E-state index contributed by atoms with van der Waals surface area (Å²) in [5.74, 6) is -10.0. The van der Waals surface area contributed by atoms with Gasteiger partial charge in [0.25, 0.3) is 0 Å². The number of carbonyl (C=O) groups excluding carboxylic acids is 5. The molecule has 2 aliphatic heterocycles. The third-order valence-corrected chi connectivity index (χ3v) is 6.57. The monoisotopic (exact) mass is 513 g/mol. The predicted octanol–water partition coefficient (Wildman–Crippen LogP) is 0.799. The van der Waals surface area contributed by atoms with Crippen molar-refractivity contribution in [2.75, 3.05) is 32.9 Å². The van der Waals surface area contributed by atoms with E-state index in [1.165, 1.54) is 18.7 Å². The SMILES string of the molecule is CCOC(=O)C(CC(C)OC(C)=O)CC(C(=O)N1CCOCC1)C(CC1C(=O)OC(=O)C1C)C(=O)O. The average Bonchev–Trinajstić information content (AvgIpc) is 3.05. The highest BCUT2D eigenvalue weighted by molar-refractivity contribution is 5.96. The zero-order chi connectivity index (χ0) is 27.0. The highest BCUT2D eigenvalue weighted by Crippen LogP contribution is 2.36. The Balaban J connectivity index is 2.40. The normalized spacial score (nSPS) is 23.3. The molecular weight excluding hydrogens is 478 g/mol. The first kappa shape index (κ1) is 29.2. The Kier molecular flexibility index (Phi) is 10.8. The lowest BCUT2D eigenvalue weighted by Gasteiger charge is -2.34. The zero-order valence-electron chi connectivity index (χ0n) is 21.1. The molecule has 0 saturated carbocycles. The van der Waals surface area contributed by atoms with E-state index in [-0.39, 0.29) is 52.2 Å². The smallest absolute Gasteiger partial charge is 0.317 e. The molecular formula is C24H35NO11. The zero-order valence-corrected chi connectivity index (χ0v) is 21.1. The van der Waals surface area contributed by atoms with Gasteiger partial charge in [-0.2, -0.15) is 0 Å². The summed E-state index contributed by atoms with van der Waals surface area (Å²) >= 11 is 0. The number of ether oxygens (including phenoxy) is 4. The second kappa shape index (κ2) is 13.3. The fraction of sp³-hybridized carbons (Fsp3) is 0.750. The van der Waals surface area contributed by atoms with Crippen LogP contribution in [0, 0.1) is 29.6 Å². The van der Waals surface area contributed by atoms with Crippen LogP contribution >= 0.6 is 0 Å². The second-order valence-corrected chi connectivity index (χ2v) is 9.20. The summed E-state index contributed by atoms with van der Waals surface area (Å²) in [6.07, 6.45) is -1.20. The molecule has 12 nitrogen and oxygen atoms in total. The van der Waals surface area contributed by atoms with Gasteiger partial charge in [0.05, 0.1) is 55.5 Å². The molecule has 0 bridgehead atoms. The molecule has 0 aromatic heterocycles. The minimum Gasteiger partial charge on any atom is -0.481 e. The minimum absolute atomic E-state index is 0.0119. The van der Waals surface area contributed by atoms with Crippen LogP contribution in [-0.2, 0) is 47.7 Å². The Morgan fingerprint density at radius 2 is 1.72 bits per heavy atom. The number of hydrogen-bond acceptors (Lipinski definition) is 10. The third-order valence-electron chi connectivity index (χ3n) is 6.57. The van der Waals surface area contributed by atoms with Gasteiger partial charge < -0.3 is 29.0 Å². The minimum atomic E-state index is -1.38. The van der Waals surface area contributed by atoms with Gasteiger partial charge in [0.1, 0.15) is 0 Å². The summed E-state index contributed by atoms with van der Waals surface area (Å²) in [5.41, 5.74) is 0. The summed E-state index contributed by atoms with van der Waals surface area (Å²) < 4.78 is 20.3. The first-order chi connectivity index (χ1) is 17.0. The molecule has 2 fully saturated rings. The lowest BCUT2D eigenvalue weighted by molar-refractivity contribution is -0.159. The molecule has 0 radical (unpaired) electrons. The van der Waals surface area contributed by atoms with Crippen molar-refractivity contribution in [3.8, 4) is 0 Å². The summed E-state index contributed by atoms with van der Waals surface area (Å²) in [7, 11) is 0. The van der Waals surface area contributed by atoms with Gasteiger partial charge in [-0.3, -0.25) is 28.8 Å². The lowest BCUT2D eigenvalue weighted by atomic mass is 9.75. The maximum atomic E-state index is 13.6. The average molecular weight is 514 g/mol. The first-order valence-corrected chi connectivity index (χ1v) is 12.1. The molecule has 12 heteroatoms. The Morgan fingerprint density at radius 1 is 1.08 bits per heavy atom. The number of carbonyl (C=O) groups is 6. The molecule has 2 aliphatic rings. The van der Waals surface area contributed by atoms with Crippen LogP contribution < -0.4 is 0 Å². The summed E-state index contributed by atoms with van der Waals surface area (Å²) in [6.45, 7) is 7.01. The standard InChI is InChI=1S/C24H35NO11/c1-5-34-23(31)16(10-13(2)35-15(4)26)11-18(20(27)25-6-8-33-9-7-25)19(21(28)29)12-17-14(3)22(30)36-24(17)32/h13-14,16-19H,5-12H2,1-4H3,(H,28,29). The Morgan fingerprint density at radius 3 is 2.22 bits per heavy atom. The van der Waals surface area contributed by atoms with Crippen LogP contribution in [0.1, 0.15) is 47.0 Å². The summed E-state index contributed by atoms with van der Waals surface area (Å²) in [5, 5.41) is 10.1. The van der Waals surface area contributed by atoms with Gasteiger partial charge in [0, 0.05) is 20.0 Å². The quantitative estimate of drug-likeness (QED) is 0.223. The molecule has 6 unspecified atom stereocenters. The number of morpholine rings is 1. The van der Waals surface area contributed by atoms with Crippen LogP contribution in [0.2, 0.25) is 0 Å². The van der Waals surface area contributed by atoms with E-state index >= 15 is 0 Å². The third kappa shape index (κ3) is 7.74. The number of cyclic esters (lactones) is 2. The van der Waals surface area contributed by atoms with Crippen LogP contribution in [0.5, 0.6) is 0 Å². The van der Waals surface area contributed by atoms with E-state index in [2.05, 4.69) is 4.74 Å². The Hall–Kier alpha value is -3.02. The number of esters is 4. The van der Waals surface area contributed by atoms with Crippen molar-refractivity contribution >= 4 is 35.8 Å². The van der Waals surface area contributed by atoms with Crippen LogP contribution in [0.15, 0.2) is 0 Å². The van der Waals surface area contributed by atoms with Gasteiger partial charge in [0.15, 0.2) is 0 Å². The van der Waals surface area contributed by atoms with Crippen LogP contribution in [0.3, 0.4) is 0 Å². The van der Waals surface area contributed by atoms with Gasteiger partial charge in [-0.1, -0.05) is 6.92 Å². The second-order valence-electron chi connectivity index (χ2n) is 9.20. The molecule has 0 aromatic rings. The predicted molar refractivity (Wildman–Crippen MR) is 121 cm³/mol. The molecule has 1 N–H and O–H groups in total. The number of carboxylic acid groups (broad SMARTS) is 1. The molecule has 202 valence electrons. The molecule has 6 atom stereocenters. The number of carboxylic acids is 1. The molecule has 0 spiro atoms. The first-order valence-electron chi connectivity index (χ1n) is 12.1. The maximum Gasteiger partial charge on any atom is 0.317 e. The van der Waals surface area contributed by atoms with Crippen molar-refractivity contribution in [3.05, 3.63) is 0 Å². The van der Waals surface area contributed by atoms with E-state index < -0.39 is 71.4 Å². The number of hydrogen-bond donors (Lipinski definition) is 1. The number of nitrogens with zero attached hydrogens (tertiary/aromatic N) is 1. The lowest BCUT2D eigenvalue weighted by Crippen LogP contribution is -2.48. The van der Waals surface area contributed by atoms with E-state index in [1.807, 2.05) is 0 Å². The van der Waals surface area contributed by atoms with Gasteiger partial charge in [0.2, 0.25) is 5.91 Å². The van der Waals surface area contributed by atoms with Crippen molar-refractivity contribution in [1.82, 2.24) is 4.90 Å². The number of rotatable bonds is 12.